The van der Waals surface area contributed by atoms with Crippen LogP contribution in [0.1, 0.15) is 0 Å². The summed E-state index contributed by atoms with van der Waals surface area (Å²) in [6.07, 6.45) is 0. The van der Waals surface area contributed by atoms with Gasteiger partial charge in [-0.3, -0.25) is 4.79 Å². The monoisotopic (exact) mass is 362 g/mol. The second-order valence-electron chi connectivity index (χ2n) is 6.80. The molecule has 134 valence electrons. The van der Waals surface area contributed by atoms with Crippen LogP contribution in [-0.4, -0.2) is 4.98 Å². The van der Waals surface area contributed by atoms with Crippen molar-refractivity contribution in [3.05, 3.63) is 107 Å². The van der Waals surface area contributed by atoms with Crippen molar-refractivity contribution in [3.63, 3.8) is 0 Å². The van der Waals surface area contributed by atoms with Crippen molar-refractivity contribution in [2.75, 3.05) is 5.32 Å². The number of anilines is 2. The second kappa shape index (κ2) is 6.71. The number of rotatable bonds is 3. The van der Waals surface area contributed by atoms with Gasteiger partial charge in [0.05, 0.1) is 11.1 Å². The van der Waals surface area contributed by atoms with Crippen molar-refractivity contribution in [1.29, 1.82) is 0 Å². The Kier molecular flexibility index (Phi) is 3.91. The predicted octanol–water partition coefficient (Wildman–Crippen LogP) is 6.09. The van der Waals surface area contributed by atoms with Crippen molar-refractivity contribution >= 4 is 33.1 Å². The summed E-state index contributed by atoms with van der Waals surface area (Å²) in [5.74, 6) is 0. The molecule has 3 nitrogen and oxygen atoms in total. The van der Waals surface area contributed by atoms with Crippen LogP contribution in [0.4, 0.5) is 11.4 Å². The molecule has 2 N–H and O–H groups in total. The summed E-state index contributed by atoms with van der Waals surface area (Å²) >= 11 is 0. The Morgan fingerprint density at radius 1 is 0.643 bits per heavy atom. The van der Waals surface area contributed by atoms with Crippen molar-refractivity contribution in [2.45, 2.75) is 0 Å². The first-order valence-corrected chi connectivity index (χ1v) is 9.26. The molecule has 0 atom stereocenters. The number of H-pyrrole nitrogens is 1. The lowest BCUT2D eigenvalue weighted by atomic mass is 9.98. The summed E-state index contributed by atoms with van der Waals surface area (Å²) in [4.78, 5) is 16.0. The van der Waals surface area contributed by atoms with Gasteiger partial charge in [0.15, 0.2) is 0 Å². The highest BCUT2D eigenvalue weighted by Gasteiger charge is 2.13. The summed E-state index contributed by atoms with van der Waals surface area (Å²) in [6, 6.07) is 32.2. The van der Waals surface area contributed by atoms with E-state index >= 15 is 0 Å². The average molecular weight is 362 g/mol. The molecule has 1 heterocycles. The third kappa shape index (κ3) is 2.83. The molecule has 0 fully saturated rings. The van der Waals surface area contributed by atoms with Gasteiger partial charge in [0.2, 0.25) is 0 Å². The van der Waals surface area contributed by atoms with Gasteiger partial charge in [-0.25, -0.2) is 0 Å². The van der Waals surface area contributed by atoms with Gasteiger partial charge >= 0.3 is 0 Å². The van der Waals surface area contributed by atoms with Crippen molar-refractivity contribution < 1.29 is 0 Å². The van der Waals surface area contributed by atoms with E-state index in [4.69, 9.17) is 0 Å². The summed E-state index contributed by atoms with van der Waals surface area (Å²) in [7, 11) is 0. The smallest absolute Gasteiger partial charge is 0.258 e. The molecule has 28 heavy (non-hydrogen) atoms. The fourth-order valence-electron chi connectivity index (χ4n) is 3.68. The minimum atomic E-state index is -0.0910. The molecule has 5 rings (SSSR count). The maximum Gasteiger partial charge on any atom is 0.258 e. The van der Waals surface area contributed by atoms with Crippen LogP contribution in [0, 0.1) is 0 Å². The second-order valence-corrected chi connectivity index (χ2v) is 6.80. The third-order valence-electron chi connectivity index (χ3n) is 4.99. The van der Waals surface area contributed by atoms with Gasteiger partial charge in [-0.1, -0.05) is 66.7 Å². The molecule has 0 bridgehead atoms. The van der Waals surface area contributed by atoms with Crippen LogP contribution in [0.25, 0.3) is 32.8 Å². The lowest BCUT2D eigenvalue weighted by Gasteiger charge is -2.14. The Balaban J connectivity index is 1.85. The number of aromatic nitrogens is 1. The van der Waals surface area contributed by atoms with Crippen LogP contribution in [-0.2, 0) is 0 Å². The number of nitrogens with one attached hydrogen (secondary N) is 2. The average Bonchev–Trinajstić information content (AvgIpc) is 2.75. The summed E-state index contributed by atoms with van der Waals surface area (Å²) in [5.41, 5.74) is 4.69. The molecule has 4 aromatic carbocycles. The first kappa shape index (κ1) is 16.3. The van der Waals surface area contributed by atoms with Gasteiger partial charge in [-0.15, -0.1) is 0 Å². The van der Waals surface area contributed by atoms with Gasteiger partial charge in [0.25, 0.3) is 5.56 Å². The Hall–Kier alpha value is -3.85. The van der Waals surface area contributed by atoms with Crippen molar-refractivity contribution in [2.24, 2.45) is 0 Å². The van der Waals surface area contributed by atoms with E-state index in [0.717, 1.165) is 38.8 Å². The number of fused-ring (bicyclic) bond motifs is 3. The molecule has 0 radical (unpaired) electrons. The summed E-state index contributed by atoms with van der Waals surface area (Å²) in [6.45, 7) is 0. The van der Waals surface area contributed by atoms with Gasteiger partial charge in [0, 0.05) is 16.6 Å². The van der Waals surface area contributed by atoms with Crippen molar-refractivity contribution in [1.82, 2.24) is 4.98 Å². The number of hydrogen-bond donors (Lipinski definition) is 2. The summed E-state index contributed by atoms with van der Waals surface area (Å²) in [5, 5.41) is 6.09. The molecule has 5 aromatic rings. The molecule has 0 aliphatic heterocycles. The Bertz CT molecular complexity index is 1340. The molecule has 0 saturated heterocycles. The number of aromatic amines is 1. The van der Waals surface area contributed by atoms with E-state index in [9.17, 15) is 4.79 Å². The Morgan fingerprint density at radius 2 is 1.32 bits per heavy atom. The fraction of sp³-hybridized carbons (Fsp3) is 0. The third-order valence-corrected chi connectivity index (χ3v) is 4.99. The topological polar surface area (TPSA) is 44.9 Å². The lowest BCUT2D eigenvalue weighted by Crippen LogP contribution is -2.09. The standard InChI is InChI=1S/C25H18N2O/c28-25-24-21(20-13-7-8-14-22(20)27-25)15-18(17-9-3-1-4-10-17)16-23(24)26-19-11-5-2-6-12-19/h1-16,26H,(H,27,28). The zero-order valence-electron chi connectivity index (χ0n) is 15.1. The van der Waals surface area contributed by atoms with Gasteiger partial charge in [-0.05, 0) is 46.8 Å². The molecule has 1 aromatic heterocycles. The molecule has 0 aliphatic carbocycles. The Morgan fingerprint density at radius 3 is 2.11 bits per heavy atom. The van der Waals surface area contributed by atoms with E-state index in [1.165, 1.54) is 0 Å². The van der Waals surface area contributed by atoms with Crippen LogP contribution in [0.15, 0.2) is 102 Å². The first-order chi connectivity index (χ1) is 13.8. The van der Waals surface area contributed by atoms with Gasteiger partial charge in [-0.2, -0.15) is 0 Å². The lowest BCUT2D eigenvalue weighted by molar-refractivity contribution is 1.34. The predicted molar refractivity (Wildman–Crippen MR) is 117 cm³/mol. The molecular weight excluding hydrogens is 344 g/mol. The van der Waals surface area contributed by atoms with Crippen LogP contribution < -0.4 is 10.9 Å². The zero-order valence-corrected chi connectivity index (χ0v) is 15.1. The fourth-order valence-corrected chi connectivity index (χ4v) is 3.68. The highest BCUT2D eigenvalue weighted by atomic mass is 16.1. The van der Waals surface area contributed by atoms with E-state index in [2.05, 4.69) is 40.6 Å². The molecule has 3 heteroatoms. The molecule has 0 spiro atoms. The van der Waals surface area contributed by atoms with E-state index < -0.39 is 0 Å². The largest absolute Gasteiger partial charge is 0.355 e. The minimum absolute atomic E-state index is 0.0910. The van der Waals surface area contributed by atoms with E-state index in [-0.39, 0.29) is 5.56 Å². The molecule has 0 amide bonds. The normalized spacial score (nSPS) is 11.0. The van der Waals surface area contributed by atoms with Crippen LogP contribution >= 0.6 is 0 Å². The number of benzene rings is 4. The van der Waals surface area contributed by atoms with Crippen LogP contribution in [0.2, 0.25) is 0 Å². The van der Waals surface area contributed by atoms with Crippen LogP contribution in [0.3, 0.4) is 0 Å². The minimum Gasteiger partial charge on any atom is -0.355 e. The zero-order chi connectivity index (χ0) is 18.9. The maximum absolute atomic E-state index is 13.0. The van der Waals surface area contributed by atoms with Gasteiger partial charge < -0.3 is 10.3 Å². The maximum atomic E-state index is 13.0. The molecular formula is C25H18N2O. The molecule has 0 saturated carbocycles. The highest BCUT2D eigenvalue weighted by molar-refractivity contribution is 6.11. The van der Waals surface area contributed by atoms with E-state index in [0.29, 0.717) is 5.39 Å². The quantitative estimate of drug-likeness (QED) is 0.381. The van der Waals surface area contributed by atoms with Crippen molar-refractivity contribution in [3.8, 4) is 11.1 Å². The number of hydrogen-bond acceptors (Lipinski definition) is 2. The van der Waals surface area contributed by atoms with E-state index in [1.807, 2.05) is 66.7 Å². The van der Waals surface area contributed by atoms with Crippen LogP contribution in [0.5, 0.6) is 0 Å². The van der Waals surface area contributed by atoms with E-state index in [1.54, 1.807) is 0 Å². The number of pyridine rings is 1. The SMILES string of the molecule is O=c1[nH]c2ccccc2c2cc(-c3ccccc3)cc(Nc3ccccc3)c12. The van der Waals surface area contributed by atoms with Gasteiger partial charge in [0.1, 0.15) is 0 Å². The highest BCUT2D eigenvalue weighted by Crippen LogP contribution is 2.34. The molecule has 0 unspecified atom stereocenters. The Labute approximate surface area is 162 Å². The first-order valence-electron chi connectivity index (χ1n) is 9.26. The summed E-state index contributed by atoms with van der Waals surface area (Å²) < 4.78 is 0. The number of para-hydroxylation sites is 2. The molecule has 0 aliphatic rings.